The monoisotopic (exact) mass is 281 g/mol. The van der Waals surface area contributed by atoms with Gasteiger partial charge >= 0.3 is 5.97 Å². The van der Waals surface area contributed by atoms with Crippen molar-refractivity contribution in [1.29, 1.82) is 0 Å². The Morgan fingerprint density at radius 3 is 2.35 bits per heavy atom. The van der Waals surface area contributed by atoms with Crippen molar-refractivity contribution in [3.05, 3.63) is 11.3 Å². The van der Waals surface area contributed by atoms with Crippen molar-refractivity contribution in [3.63, 3.8) is 0 Å². The molecule has 2 fully saturated rings. The lowest BCUT2D eigenvalue weighted by molar-refractivity contribution is -0.187. The van der Waals surface area contributed by atoms with Crippen molar-refractivity contribution >= 4 is 5.97 Å². The molecule has 20 heavy (non-hydrogen) atoms. The Labute approximate surface area is 121 Å². The number of carbonyl (C=O) groups is 1. The third-order valence-electron chi connectivity index (χ3n) is 4.10. The van der Waals surface area contributed by atoms with Crippen LogP contribution in [0.1, 0.15) is 39.5 Å². The van der Waals surface area contributed by atoms with Crippen molar-refractivity contribution in [2.45, 2.75) is 39.5 Å². The van der Waals surface area contributed by atoms with E-state index in [0.717, 1.165) is 57.0 Å². The second kappa shape index (κ2) is 7.64. The van der Waals surface area contributed by atoms with Crippen LogP contribution in [0.15, 0.2) is 11.3 Å². The van der Waals surface area contributed by atoms with Gasteiger partial charge in [0.25, 0.3) is 0 Å². The van der Waals surface area contributed by atoms with Crippen LogP contribution < -0.4 is 5.32 Å². The summed E-state index contributed by atoms with van der Waals surface area (Å²) in [6.07, 6.45) is 4.65. The van der Waals surface area contributed by atoms with Crippen molar-refractivity contribution < 1.29 is 9.63 Å². The Bertz CT molecular complexity index is 356. The number of hydroxylamine groups is 2. The number of allylic oxidation sites excluding steroid dienone is 1. The SMILES string of the molecule is CCC(=C(C)C(=O)ON1CCNCC1)N1CCCCC1. The molecule has 0 aromatic heterocycles. The van der Waals surface area contributed by atoms with Gasteiger partial charge in [0.05, 0.1) is 5.57 Å². The highest BCUT2D eigenvalue weighted by Crippen LogP contribution is 2.21. The lowest BCUT2D eigenvalue weighted by Gasteiger charge is -2.32. The summed E-state index contributed by atoms with van der Waals surface area (Å²) in [5, 5.41) is 5.02. The maximum Gasteiger partial charge on any atom is 0.354 e. The molecule has 0 saturated carbocycles. The lowest BCUT2D eigenvalue weighted by atomic mass is 10.1. The second-order valence-corrected chi connectivity index (χ2v) is 5.53. The first-order valence-corrected chi connectivity index (χ1v) is 7.85. The molecule has 2 aliphatic heterocycles. The van der Waals surface area contributed by atoms with E-state index in [0.29, 0.717) is 0 Å². The summed E-state index contributed by atoms with van der Waals surface area (Å²) >= 11 is 0. The number of hydrogen-bond donors (Lipinski definition) is 1. The van der Waals surface area contributed by atoms with E-state index >= 15 is 0 Å². The van der Waals surface area contributed by atoms with Gasteiger partial charge in [-0.15, -0.1) is 5.06 Å². The Hall–Kier alpha value is -1.07. The average Bonchev–Trinajstić information content (AvgIpc) is 2.50. The van der Waals surface area contributed by atoms with E-state index < -0.39 is 0 Å². The van der Waals surface area contributed by atoms with Gasteiger partial charge < -0.3 is 15.1 Å². The van der Waals surface area contributed by atoms with E-state index in [4.69, 9.17) is 4.84 Å². The van der Waals surface area contributed by atoms with E-state index in [-0.39, 0.29) is 5.97 Å². The second-order valence-electron chi connectivity index (χ2n) is 5.53. The fraction of sp³-hybridized carbons (Fsp3) is 0.800. The fourth-order valence-corrected chi connectivity index (χ4v) is 2.93. The molecule has 0 atom stereocenters. The van der Waals surface area contributed by atoms with Gasteiger partial charge in [0, 0.05) is 45.0 Å². The van der Waals surface area contributed by atoms with Crippen LogP contribution in [0.4, 0.5) is 0 Å². The number of nitrogens with zero attached hydrogens (tertiary/aromatic N) is 2. The summed E-state index contributed by atoms with van der Waals surface area (Å²) < 4.78 is 0. The Kier molecular flexibility index (Phi) is 5.86. The normalized spacial score (nSPS) is 22.4. The van der Waals surface area contributed by atoms with Crippen LogP contribution in [-0.2, 0) is 9.63 Å². The molecule has 0 unspecified atom stereocenters. The van der Waals surface area contributed by atoms with Gasteiger partial charge in [0.2, 0.25) is 0 Å². The number of piperazine rings is 1. The average molecular weight is 281 g/mol. The molecule has 2 aliphatic rings. The fourth-order valence-electron chi connectivity index (χ4n) is 2.93. The van der Waals surface area contributed by atoms with Gasteiger partial charge in [-0.2, -0.15) is 0 Å². The number of rotatable bonds is 4. The van der Waals surface area contributed by atoms with Gasteiger partial charge in [-0.25, -0.2) is 4.79 Å². The molecule has 0 bridgehead atoms. The summed E-state index contributed by atoms with van der Waals surface area (Å²) in [6, 6.07) is 0. The first-order chi connectivity index (χ1) is 9.72. The van der Waals surface area contributed by atoms with Gasteiger partial charge in [-0.1, -0.05) is 6.92 Å². The standard InChI is InChI=1S/C15H27N3O2/c1-3-14(17-9-5-4-6-10-17)13(2)15(19)20-18-11-7-16-8-12-18/h16H,3-12H2,1-2H3. The molecule has 0 aliphatic carbocycles. The lowest BCUT2D eigenvalue weighted by Crippen LogP contribution is -2.44. The van der Waals surface area contributed by atoms with Crippen LogP contribution in [0.5, 0.6) is 0 Å². The summed E-state index contributed by atoms with van der Waals surface area (Å²) in [4.78, 5) is 20.1. The first-order valence-electron chi connectivity index (χ1n) is 7.85. The maximum atomic E-state index is 12.3. The van der Waals surface area contributed by atoms with Crippen molar-refractivity contribution in [2.24, 2.45) is 0 Å². The predicted octanol–water partition coefficient (Wildman–Crippen LogP) is 1.52. The third-order valence-corrected chi connectivity index (χ3v) is 4.10. The molecule has 0 aromatic rings. The van der Waals surface area contributed by atoms with Crippen molar-refractivity contribution in [3.8, 4) is 0 Å². The number of nitrogens with one attached hydrogen (secondary N) is 1. The van der Waals surface area contributed by atoms with Crippen LogP contribution >= 0.6 is 0 Å². The molecule has 2 rings (SSSR count). The molecular formula is C15H27N3O2. The van der Waals surface area contributed by atoms with Crippen LogP contribution in [0, 0.1) is 0 Å². The molecular weight excluding hydrogens is 254 g/mol. The highest BCUT2D eigenvalue weighted by molar-refractivity contribution is 5.88. The third kappa shape index (κ3) is 3.96. The highest BCUT2D eigenvalue weighted by Gasteiger charge is 2.21. The number of carbonyl (C=O) groups excluding carboxylic acids is 1. The minimum Gasteiger partial charge on any atom is -0.374 e. The molecule has 0 aromatic carbocycles. The van der Waals surface area contributed by atoms with Crippen molar-refractivity contribution in [1.82, 2.24) is 15.3 Å². The maximum absolute atomic E-state index is 12.3. The van der Waals surface area contributed by atoms with E-state index in [9.17, 15) is 4.79 Å². The Balaban J connectivity index is 1.98. The minimum atomic E-state index is -0.186. The molecule has 5 heteroatoms. The van der Waals surface area contributed by atoms with E-state index in [1.165, 1.54) is 19.3 Å². The number of likely N-dealkylation sites (tertiary alicyclic amines) is 1. The van der Waals surface area contributed by atoms with Gasteiger partial charge in [0.1, 0.15) is 0 Å². The van der Waals surface area contributed by atoms with E-state index in [1.54, 1.807) is 5.06 Å². The van der Waals surface area contributed by atoms with Crippen LogP contribution in [0.25, 0.3) is 0 Å². The van der Waals surface area contributed by atoms with Gasteiger partial charge in [-0.05, 0) is 32.6 Å². The summed E-state index contributed by atoms with van der Waals surface area (Å²) in [5.74, 6) is -0.186. The van der Waals surface area contributed by atoms with Crippen LogP contribution in [0.3, 0.4) is 0 Å². The van der Waals surface area contributed by atoms with Gasteiger partial charge in [0.15, 0.2) is 0 Å². The number of hydrogen-bond acceptors (Lipinski definition) is 5. The Morgan fingerprint density at radius 2 is 1.75 bits per heavy atom. The summed E-state index contributed by atoms with van der Waals surface area (Å²) in [6.45, 7) is 9.45. The van der Waals surface area contributed by atoms with Crippen molar-refractivity contribution in [2.75, 3.05) is 39.3 Å². The van der Waals surface area contributed by atoms with Gasteiger partial charge in [-0.3, -0.25) is 0 Å². The Morgan fingerprint density at radius 1 is 1.10 bits per heavy atom. The molecule has 0 spiro atoms. The topological polar surface area (TPSA) is 44.8 Å². The predicted molar refractivity (Wildman–Crippen MR) is 78.9 cm³/mol. The largest absolute Gasteiger partial charge is 0.374 e. The summed E-state index contributed by atoms with van der Waals surface area (Å²) in [7, 11) is 0. The summed E-state index contributed by atoms with van der Waals surface area (Å²) in [5.41, 5.74) is 1.93. The molecule has 114 valence electrons. The minimum absolute atomic E-state index is 0.186. The van der Waals surface area contributed by atoms with E-state index in [2.05, 4.69) is 17.1 Å². The zero-order valence-corrected chi connectivity index (χ0v) is 12.8. The molecule has 5 nitrogen and oxygen atoms in total. The quantitative estimate of drug-likeness (QED) is 0.792. The first kappa shape index (κ1) is 15.3. The number of piperidine rings is 1. The molecule has 2 saturated heterocycles. The zero-order valence-electron chi connectivity index (χ0n) is 12.8. The van der Waals surface area contributed by atoms with Crippen LogP contribution in [-0.4, -0.2) is 55.2 Å². The molecule has 1 N–H and O–H groups in total. The highest BCUT2D eigenvalue weighted by atomic mass is 16.7. The van der Waals surface area contributed by atoms with E-state index in [1.807, 2.05) is 6.92 Å². The zero-order chi connectivity index (χ0) is 14.4. The van der Waals surface area contributed by atoms with Crippen LogP contribution in [0.2, 0.25) is 0 Å². The molecule has 0 amide bonds. The smallest absolute Gasteiger partial charge is 0.354 e. The molecule has 2 heterocycles. The molecule has 0 radical (unpaired) electrons.